The van der Waals surface area contributed by atoms with Crippen LogP contribution in [0.25, 0.3) is 5.69 Å². The highest BCUT2D eigenvalue weighted by molar-refractivity contribution is 9.10. The molecule has 1 saturated carbocycles. The maximum Gasteiger partial charge on any atom is 0.159 e. The Kier molecular flexibility index (Phi) is 2.43. The van der Waals surface area contributed by atoms with Gasteiger partial charge in [-0.3, -0.25) is 0 Å². The van der Waals surface area contributed by atoms with Crippen molar-refractivity contribution in [2.45, 2.75) is 18.8 Å². The van der Waals surface area contributed by atoms with E-state index in [0.29, 0.717) is 5.82 Å². The molecule has 0 saturated heterocycles. The lowest BCUT2D eigenvalue weighted by molar-refractivity contribution is 0.576. The predicted octanol–water partition coefficient (Wildman–Crippen LogP) is 2.58. The number of tetrazole rings is 1. The molecule has 1 aliphatic carbocycles. The minimum Gasteiger partial charge on any atom is -0.206 e. The van der Waals surface area contributed by atoms with E-state index in [2.05, 4.69) is 31.5 Å². The Morgan fingerprint density at radius 3 is 2.71 bits per heavy atom. The highest BCUT2D eigenvalue weighted by Crippen LogP contribution is 2.39. The third-order valence-corrected chi connectivity index (χ3v) is 3.26. The zero-order valence-electron chi connectivity index (χ0n) is 8.57. The Bertz CT molecular complexity index is 580. The molecular weight excluding hydrogens is 294 g/mol. The van der Waals surface area contributed by atoms with Gasteiger partial charge in [-0.15, -0.1) is 5.10 Å². The van der Waals surface area contributed by atoms with Gasteiger partial charge in [0.25, 0.3) is 0 Å². The van der Waals surface area contributed by atoms with Gasteiger partial charge >= 0.3 is 0 Å². The number of rotatable bonds is 2. The number of hydrogen-bond acceptors (Lipinski definition) is 3. The molecule has 3 rings (SSSR count). The first kappa shape index (κ1) is 10.8. The molecule has 0 unspecified atom stereocenters. The molecule has 88 valence electrons. The molecule has 0 radical (unpaired) electrons. The summed E-state index contributed by atoms with van der Waals surface area (Å²) in [6.07, 6.45) is 1.97. The van der Waals surface area contributed by atoms with Crippen LogP contribution in [-0.2, 0) is 0 Å². The normalized spacial score (nSPS) is 15.2. The molecule has 0 bridgehead atoms. The topological polar surface area (TPSA) is 43.6 Å². The summed E-state index contributed by atoms with van der Waals surface area (Å²) in [6.45, 7) is 0. The Morgan fingerprint density at radius 2 is 2.00 bits per heavy atom. The average Bonchev–Trinajstić information content (AvgIpc) is 3.02. The van der Waals surface area contributed by atoms with Crippen LogP contribution in [0.1, 0.15) is 24.6 Å². The van der Waals surface area contributed by atoms with Crippen molar-refractivity contribution in [1.82, 2.24) is 20.2 Å². The summed E-state index contributed by atoms with van der Waals surface area (Å²) in [6, 6.07) is 2.16. The number of aromatic nitrogens is 4. The van der Waals surface area contributed by atoms with Crippen LogP contribution in [0.2, 0.25) is 0 Å². The van der Waals surface area contributed by atoms with Gasteiger partial charge in [0.1, 0.15) is 17.3 Å². The van der Waals surface area contributed by atoms with E-state index in [1.807, 2.05) is 0 Å². The Balaban J connectivity index is 2.14. The average molecular weight is 301 g/mol. The van der Waals surface area contributed by atoms with E-state index in [1.165, 1.54) is 4.68 Å². The quantitative estimate of drug-likeness (QED) is 0.801. The van der Waals surface area contributed by atoms with E-state index in [4.69, 9.17) is 0 Å². The van der Waals surface area contributed by atoms with E-state index >= 15 is 0 Å². The molecule has 17 heavy (non-hydrogen) atoms. The molecule has 1 heterocycles. The van der Waals surface area contributed by atoms with Crippen molar-refractivity contribution in [3.8, 4) is 5.69 Å². The van der Waals surface area contributed by atoms with Crippen molar-refractivity contribution >= 4 is 15.9 Å². The van der Waals surface area contributed by atoms with Crippen molar-refractivity contribution in [3.05, 3.63) is 34.1 Å². The van der Waals surface area contributed by atoms with Crippen LogP contribution in [0.15, 0.2) is 16.6 Å². The minimum absolute atomic E-state index is 0.0394. The van der Waals surface area contributed by atoms with Crippen LogP contribution in [0.3, 0.4) is 0 Å². The second-order valence-corrected chi connectivity index (χ2v) is 4.80. The molecule has 0 amide bonds. The SMILES string of the molecule is Fc1cc(-n2nnnc2C2CC2)c(F)cc1Br. The molecule has 0 N–H and O–H groups in total. The van der Waals surface area contributed by atoms with Crippen LogP contribution in [0.4, 0.5) is 8.78 Å². The fourth-order valence-electron chi connectivity index (χ4n) is 1.64. The monoisotopic (exact) mass is 300 g/mol. The molecule has 2 aromatic rings. The van der Waals surface area contributed by atoms with Crippen molar-refractivity contribution < 1.29 is 8.78 Å². The fraction of sp³-hybridized carbons (Fsp3) is 0.300. The van der Waals surface area contributed by atoms with Gasteiger partial charge in [0.05, 0.1) is 4.47 Å². The highest BCUT2D eigenvalue weighted by Gasteiger charge is 2.30. The van der Waals surface area contributed by atoms with Gasteiger partial charge in [0, 0.05) is 12.0 Å². The van der Waals surface area contributed by atoms with E-state index in [-0.39, 0.29) is 16.1 Å². The van der Waals surface area contributed by atoms with Gasteiger partial charge in [-0.2, -0.15) is 4.68 Å². The molecule has 1 aromatic heterocycles. The van der Waals surface area contributed by atoms with Gasteiger partial charge < -0.3 is 0 Å². The van der Waals surface area contributed by atoms with Crippen molar-refractivity contribution in [2.75, 3.05) is 0 Å². The second kappa shape index (κ2) is 3.83. The van der Waals surface area contributed by atoms with Crippen molar-refractivity contribution in [2.24, 2.45) is 0 Å². The lowest BCUT2D eigenvalue weighted by atomic mass is 10.3. The summed E-state index contributed by atoms with van der Waals surface area (Å²) in [5.74, 6) is -0.257. The van der Waals surface area contributed by atoms with Crippen molar-refractivity contribution in [1.29, 1.82) is 0 Å². The number of nitrogens with zero attached hydrogens (tertiary/aromatic N) is 4. The maximum absolute atomic E-state index is 13.7. The van der Waals surface area contributed by atoms with Crippen LogP contribution < -0.4 is 0 Å². The zero-order chi connectivity index (χ0) is 12.0. The van der Waals surface area contributed by atoms with Crippen LogP contribution in [-0.4, -0.2) is 20.2 Å². The van der Waals surface area contributed by atoms with E-state index in [1.54, 1.807) is 0 Å². The van der Waals surface area contributed by atoms with Crippen molar-refractivity contribution in [3.63, 3.8) is 0 Å². The van der Waals surface area contributed by atoms with Crippen LogP contribution >= 0.6 is 15.9 Å². The Hall–Kier alpha value is -1.37. The van der Waals surface area contributed by atoms with Gasteiger partial charge in [-0.25, -0.2) is 8.78 Å². The third kappa shape index (κ3) is 1.84. The molecule has 1 fully saturated rings. The Morgan fingerprint density at radius 1 is 1.24 bits per heavy atom. The molecule has 0 spiro atoms. The van der Waals surface area contributed by atoms with E-state index in [0.717, 1.165) is 25.0 Å². The zero-order valence-corrected chi connectivity index (χ0v) is 10.2. The summed E-state index contributed by atoms with van der Waals surface area (Å²) in [5, 5.41) is 11.1. The Labute approximate surface area is 104 Å². The van der Waals surface area contributed by atoms with Gasteiger partial charge in [-0.1, -0.05) is 0 Å². The second-order valence-electron chi connectivity index (χ2n) is 3.94. The standard InChI is InChI=1S/C10H7BrF2N4/c11-6-3-8(13)9(4-7(6)12)17-10(5-1-2-5)14-15-16-17/h3-5H,1-2H2. The molecule has 0 aliphatic heterocycles. The van der Waals surface area contributed by atoms with Gasteiger partial charge in [0.15, 0.2) is 5.82 Å². The van der Waals surface area contributed by atoms with Crippen LogP contribution in [0.5, 0.6) is 0 Å². The first-order valence-corrected chi connectivity index (χ1v) is 5.89. The van der Waals surface area contributed by atoms with Crippen LogP contribution in [0, 0.1) is 11.6 Å². The lowest BCUT2D eigenvalue weighted by Gasteiger charge is -2.06. The highest BCUT2D eigenvalue weighted by atomic mass is 79.9. The maximum atomic E-state index is 13.7. The molecule has 7 heteroatoms. The predicted molar refractivity (Wildman–Crippen MR) is 58.7 cm³/mol. The number of halogens is 3. The molecule has 1 aromatic carbocycles. The molecular formula is C10H7BrF2N4. The van der Waals surface area contributed by atoms with Gasteiger partial charge in [-0.05, 0) is 45.3 Å². The molecule has 1 aliphatic rings. The summed E-state index contributed by atoms with van der Waals surface area (Å²) < 4.78 is 28.5. The first-order valence-electron chi connectivity index (χ1n) is 5.10. The summed E-state index contributed by atoms with van der Waals surface area (Å²) in [5.41, 5.74) is 0.0394. The minimum atomic E-state index is -0.563. The summed E-state index contributed by atoms with van der Waals surface area (Å²) >= 11 is 2.93. The number of benzene rings is 1. The van der Waals surface area contributed by atoms with E-state index < -0.39 is 11.6 Å². The number of hydrogen-bond donors (Lipinski definition) is 0. The van der Waals surface area contributed by atoms with Gasteiger partial charge in [0.2, 0.25) is 0 Å². The first-order chi connectivity index (χ1) is 8.16. The summed E-state index contributed by atoms with van der Waals surface area (Å²) in [7, 11) is 0. The fourth-order valence-corrected chi connectivity index (χ4v) is 1.95. The molecule has 4 nitrogen and oxygen atoms in total. The lowest BCUT2D eigenvalue weighted by Crippen LogP contribution is -2.05. The molecule has 0 atom stereocenters. The smallest absolute Gasteiger partial charge is 0.159 e. The largest absolute Gasteiger partial charge is 0.206 e. The van der Waals surface area contributed by atoms with E-state index in [9.17, 15) is 8.78 Å². The summed E-state index contributed by atoms with van der Waals surface area (Å²) in [4.78, 5) is 0. The third-order valence-electron chi connectivity index (χ3n) is 2.65.